The predicted molar refractivity (Wildman–Crippen MR) is 94.4 cm³/mol. The second kappa shape index (κ2) is 8.73. The van der Waals surface area contributed by atoms with Crippen molar-refractivity contribution in [1.29, 1.82) is 0 Å². The highest BCUT2D eigenvalue weighted by molar-refractivity contribution is 5.83. The number of hydrazine groups is 1. The first-order chi connectivity index (χ1) is 12.0. The maximum atomic E-state index is 11.7. The van der Waals surface area contributed by atoms with Crippen molar-refractivity contribution in [1.82, 2.24) is 10.9 Å². The molecule has 6 nitrogen and oxygen atoms in total. The number of hydrogen-bond donors (Lipinski definition) is 2. The van der Waals surface area contributed by atoms with Crippen LogP contribution in [0.2, 0.25) is 0 Å². The van der Waals surface area contributed by atoms with E-state index in [1.165, 1.54) is 0 Å². The fourth-order valence-corrected chi connectivity index (χ4v) is 2.18. The average molecular weight is 342 g/mol. The Bertz CT molecular complexity index is 759. The molecule has 0 atom stereocenters. The van der Waals surface area contributed by atoms with Crippen molar-refractivity contribution < 1.29 is 19.1 Å². The van der Waals surface area contributed by atoms with Crippen LogP contribution in [-0.4, -0.2) is 25.0 Å². The average Bonchev–Trinajstić information content (AvgIpc) is 2.58. The molecule has 25 heavy (non-hydrogen) atoms. The summed E-state index contributed by atoms with van der Waals surface area (Å²) in [6.45, 7) is 5.40. The van der Waals surface area contributed by atoms with Gasteiger partial charge >= 0.3 is 0 Å². The van der Waals surface area contributed by atoms with Crippen molar-refractivity contribution in [3.63, 3.8) is 0 Å². The van der Waals surface area contributed by atoms with Crippen LogP contribution in [0.1, 0.15) is 16.7 Å². The molecule has 0 radical (unpaired) electrons. The Morgan fingerprint density at radius 2 is 1.36 bits per heavy atom. The van der Waals surface area contributed by atoms with Gasteiger partial charge < -0.3 is 9.47 Å². The lowest BCUT2D eigenvalue weighted by Gasteiger charge is -2.11. The quantitative estimate of drug-likeness (QED) is 0.789. The molecule has 2 aromatic carbocycles. The summed E-state index contributed by atoms with van der Waals surface area (Å²) in [4.78, 5) is 23.4. The minimum atomic E-state index is -0.455. The van der Waals surface area contributed by atoms with Crippen LogP contribution in [0.15, 0.2) is 42.5 Å². The molecule has 0 saturated heterocycles. The van der Waals surface area contributed by atoms with Crippen molar-refractivity contribution in [3.05, 3.63) is 59.2 Å². The molecule has 6 heteroatoms. The zero-order valence-corrected chi connectivity index (χ0v) is 14.6. The number of nitrogens with one attached hydrogen (secondary N) is 2. The van der Waals surface area contributed by atoms with E-state index in [0.29, 0.717) is 11.5 Å². The third kappa shape index (κ3) is 5.84. The van der Waals surface area contributed by atoms with Gasteiger partial charge in [-0.1, -0.05) is 35.9 Å². The van der Waals surface area contributed by atoms with Crippen molar-refractivity contribution in [3.8, 4) is 11.5 Å². The van der Waals surface area contributed by atoms with Crippen LogP contribution in [0.5, 0.6) is 11.5 Å². The summed E-state index contributed by atoms with van der Waals surface area (Å²) in [6.07, 6.45) is 0. The second-order valence-corrected chi connectivity index (χ2v) is 5.71. The van der Waals surface area contributed by atoms with Gasteiger partial charge in [0, 0.05) is 0 Å². The van der Waals surface area contributed by atoms with E-state index in [2.05, 4.69) is 10.9 Å². The topological polar surface area (TPSA) is 76.7 Å². The highest BCUT2D eigenvalue weighted by atomic mass is 16.5. The first kappa shape index (κ1) is 18.3. The van der Waals surface area contributed by atoms with Gasteiger partial charge in [-0.25, -0.2) is 0 Å². The van der Waals surface area contributed by atoms with Gasteiger partial charge in [-0.05, 0) is 44.0 Å². The summed E-state index contributed by atoms with van der Waals surface area (Å²) in [5.41, 5.74) is 7.58. The molecule has 0 aliphatic rings. The Hall–Kier alpha value is -3.02. The zero-order valence-electron chi connectivity index (χ0n) is 14.6. The number of carbonyl (C=O) groups excluding carboxylic acids is 2. The van der Waals surface area contributed by atoms with E-state index in [1.54, 1.807) is 6.07 Å². The van der Waals surface area contributed by atoms with Gasteiger partial charge in [0.1, 0.15) is 11.5 Å². The van der Waals surface area contributed by atoms with Gasteiger partial charge in [0.05, 0.1) is 0 Å². The van der Waals surface area contributed by atoms with Crippen LogP contribution in [-0.2, 0) is 9.59 Å². The zero-order chi connectivity index (χ0) is 18.2. The largest absolute Gasteiger partial charge is 0.483 e. The van der Waals surface area contributed by atoms with Crippen LogP contribution < -0.4 is 20.3 Å². The summed E-state index contributed by atoms with van der Waals surface area (Å²) < 4.78 is 10.8. The van der Waals surface area contributed by atoms with Gasteiger partial charge in [-0.2, -0.15) is 0 Å². The van der Waals surface area contributed by atoms with E-state index in [9.17, 15) is 9.59 Å². The predicted octanol–water partition coefficient (Wildman–Crippen LogP) is 2.22. The van der Waals surface area contributed by atoms with Crippen LogP contribution in [0, 0.1) is 20.8 Å². The number of ether oxygens (including phenoxy) is 2. The number of benzene rings is 2. The Balaban J connectivity index is 1.70. The molecule has 0 fully saturated rings. The molecule has 2 N–H and O–H groups in total. The molecular formula is C19H22N2O4. The first-order valence-electron chi connectivity index (χ1n) is 7.92. The van der Waals surface area contributed by atoms with E-state index < -0.39 is 11.8 Å². The molecule has 0 aromatic heterocycles. The fourth-order valence-electron chi connectivity index (χ4n) is 2.18. The van der Waals surface area contributed by atoms with Crippen LogP contribution in [0.3, 0.4) is 0 Å². The van der Waals surface area contributed by atoms with Crippen molar-refractivity contribution in [2.45, 2.75) is 20.8 Å². The van der Waals surface area contributed by atoms with E-state index >= 15 is 0 Å². The molecule has 0 aliphatic carbocycles. The standard InChI is InChI=1S/C19H22N2O4/c1-13-8-9-17(15(3)10-13)25-12-19(23)21-20-18(22)11-24-16-7-5-4-6-14(16)2/h4-10H,11-12H2,1-3H3,(H,20,22)(H,21,23). The van der Waals surface area contributed by atoms with Crippen LogP contribution in [0.4, 0.5) is 0 Å². The Morgan fingerprint density at radius 3 is 1.92 bits per heavy atom. The molecule has 2 aromatic rings. The Labute approximate surface area is 147 Å². The molecule has 2 rings (SSSR count). The minimum Gasteiger partial charge on any atom is -0.483 e. The molecule has 0 bridgehead atoms. The van der Waals surface area contributed by atoms with Gasteiger partial charge in [-0.15, -0.1) is 0 Å². The third-order valence-electron chi connectivity index (χ3n) is 3.48. The maximum Gasteiger partial charge on any atom is 0.276 e. The smallest absolute Gasteiger partial charge is 0.276 e. The van der Waals surface area contributed by atoms with Crippen molar-refractivity contribution >= 4 is 11.8 Å². The lowest BCUT2D eigenvalue weighted by Crippen LogP contribution is -2.45. The van der Waals surface area contributed by atoms with Crippen molar-refractivity contribution in [2.75, 3.05) is 13.2 Å². The number of hydrogen-bond acceptors (Lipinski definition) is 4. The van der Waals surface area contributed by atoms with Gasteiger partial charge in [-0.3, -0.25) is 20.4 Å². The lowest BCUT2D eigenvalue weighted by atomic mass is 10.1. The van der Waals surface area contributed by atoms with Gasteiger partial charge in [0.15, 0.2) is 13.2 Å². The monoisotopic (exact) mass is 342 g/mol. The summed E-state index contributed by atoms with van der Waals surface area (Å²) in [5.74, 6) is 0.351. The molecule has 2 amide bonds. The van der Waals surface area contributed by atoms with Crippen LogP contribution in [0.25, 0.3) is 0 Å². The summed E-state index contributed by atoms with van der Waals surface area (Å²) in [5, 5.41) is 0. The minimum absolute atomic E-state index is 0.191. The van der Waals surface area contributed by atoms with E-state index in [0.717, 1.165) is 16.7 Å². The molecule has 0 heterocycles. The second-order valence-electron chi connectivity index (χ2n) is 5.71. The van der Waals surface area contributed by atoms with Gasteiger partial charge in [0.25, 0.3) is 11.8 Å². The summed E-state index contributed by atoms with van der Waals surface area (Å²) >= 11 is 0. The third-order valence-corrected chi connectivity index (χ3v) is 3.48. The first-order valence-corrected chi connectivity index (χ1v) is 7.92. The normalized spacial score (nSPS) is 10.0. The van der Waals surface area contributed by atoms with Crippen molar-refractivity contribution in [2.24, 2.45) is 0 Å². The van der Waals surface area contributed by atoms with Crippen LogP contribution >= 0.6 is 0 Å². The number of para-hydroxylation sites is 1. The number of carbonyl (C=O) groups is 2. The SMILES string of the molecule is Cc1ccc(OCC(=O)NNC(=O)COc2ccccc2C)c(C)c1. The summed E-state index contributed by atoms with van der Waals surface area (Å²) in [7, 11) is 0. The van der Waals surface area contributed by atoms with E-state index in [1.807, 2.05) is 57.2 Å². The number of aryl methyl sites for hydroxylation is 3. The Morgan fingerprint density at radius 1 is 0.800 bits per heavy atom. The molecule has 0 spiro atoms. The van der Waals surface area contributed by atoms with E-state index in [4.69, 9.17) is 9.47 Å². The lowest BCUT2D eigenvalue weighted by molar-refractivity contribution is -0.131. The molecule has 0 unspecified atom stereocenters. The number of rotatable bonds is 6. The summed E-state index contributed by atoms with van der Waals surface area (Å²) in [6, 6.07) is 13.1. The van der Waals surface area contributed by atoms with E-state index in [-0.39, 0.29) is 13.2 Å². The van der Waals surface area contributed by atoms with Gasteiger partial charge in [0.2, 0.25) is 0 Å². The number of amides is 2. The molecule has 132 valence electrons. The molecule has 0 saturated carbocycles. The fraction of sp³-hybridized carbons (Fsp3) is 0.263. The maximum absolute atomic E-state index is 11.7. The molecule has 0 aliphatic heterocycles. The highest BCUT2D eigenvalue weighted by Crippen LogP contribution is 2.18. The Kier molecular flexibility index (Phi) is 6.39. The molecular weight excluding hydrogens is 320 g/mol. The highest BCUT2D eigenvalue weighted by Gasteiger charge is 2.08.